The maximum Gasteiger partial charge on any atom is 0.322 e. The van der Waals surface area contributed by atoms with E-state index >= 15 is 0 Å². The molecule has 0 spiro atoms. The number of anilines is 1. The van der Waals surface area contributed by atoms with Crippen LogP contribution < -0.4 is 11.1 Å². The van der Waals surface area contributed by atoms with Gasteiger partial charge in [-0.2, -0.15) is 10.6 Å². The Kier molecular flexibility index (Phi) is 4.66. The SMILES string of the molecule is NC(=O)CC[S-](=O)=NC(=O)Nc1c2c(cc3c1CCC3)CCC2. The third-order valence-corrected chi connectivity index (χ3v) is 5.34. The lowest BCUT2D eigenvalue weighted by Gasteiger charge is -2.15. The Hall–Kier alpha value is -1.89. The van der Waals surface area contributed by atoms with Crippen molar-refractivity contribution in [3.8, 4) is 0 Å². The van der Waals surface area contributed by atoms with E-state index in [4.69, 9.17) is 5.73 Å². The highest BCUT2D eigenvalue weighted by molar-refractivity contribution is 7.75. The zero-order chi connectivity index (χ0) is 16.4. The first-order valence-electron chi connectivity index (χ1n) is 7.90. The zero-order valence-corrected chi connectivity index (χ0v) is 13.7. The molecule has 3 rings (SSSR count). The number of urea groups is 1. The smallest absolute Gasteiger partial charge is 0.322 e. The van der Waals surface area contributed by atoms with Crippen LogP contribution in [-0.2, 0) is 45.3 Å². The number of fused-ring (bicyclic) bond motifs is 2. The molecule has 2 aliphatic rings. The van der Waals surface area contributed by atoms with Crippen molar-refractivity contribution in [2.75, 3.05) is 11.1 Å². The number of nitrogens with one attached hydrogen (secondary N) is 1. The Morgan fingerprint density at radius 3 is 2.30 bits per heavy atom. The van der Waals surface area contributed by atoms with Crippen LogP contribution in [0.25, 0.3) is 0 Å². The molecular weight excluding hydrogens is 314 g/mol. The van der Waals surface area contributed by atoms with Crippen LogP contribution in [-0.4, -0.2) is 17.7 Å². The minimum Gasteiger partial charge on any atom is -0.444 e. The molecule has 6 nitrogen and oxygen atoms in total. The molecule has 3 N–H and O–H groups in total. The number of hydrogen-bond donors (Lipinski definition) is 2. The van der Waals surface area contributed by atoms with Crippen LogP contribution in [0.15, 0.2) is 10.4 Å². The molecule has 0 aliphatic heterocycles. The third-order valence-electron chi connectivity index (χ3n) is 4.41. The fraction of sp³-hybridized carbons (Fsp3) is 0.500. The molecule has 1 aromatic rings. The summed E-state index contributed by atoms with van der Waals surface area (Å²) >= 11 is 0. The number of nitrogens with two attached hydrogens (primary N) is 1. The second-order valence-electron chi connectivity index (χ2n) is 6.00. The number of aryl methyl sites for hydroxylation is 2. The Balaban J connectivity index is 1.81. The normalized spacial score (nSPS) is 16.9. The molecule has 0 aromatic heterocycles. The highest BCUT2D eigenvalue weighted by atomic mass is 32.2. The average Bonchev–Trinajstić information content (AvgIpc) is 3.13. The number of primary amides is 1. The van der Waals surface area contributed by atoms with E-state index in [0.29, 0.717) is 0 Å². The molecule has 3 amide bonds. The van der Waals surface area contributed by atoms with Crippen LogP contribution in [0.4, 0.5) is 10.5 Å². The van der Waals surface area contributed by atoms with Gasteiger partial charge in [-0.25, -0.2) is 4.79 Å². The van der Waals surface area contributed by atoms with E-state index in [1.807, 2.05) is 0 Å². The maximum atomic E-state index is 12.1. The number of carbonyl (C=O) groups excluding carboxylic acids is 2. The zero-order valence-electron chi connectivity index (χ0n) is 12.9. The standard InChI is InChI=1S/C16H20N3O3S/c17-14(20)7-8-23(22)19-16(21)18-15-12-5-1-3-10(12)9-11-4-2-6-13(11)15/h9H,1-8H2,(H2,17,20)(H,18,21)/q-1. The summed E-state index contributed by atoms with van der Waals surface area (Å²) in [4.78, 5) is 22.8. The lowest BCUT2D eigenvalue weighted by Crippen LogP contribution is -2.14. The highest BCUT2D eigenvalue weighted by Crippen LogP contribution is 2.38. The van der Waals surface area contributed by atoms with Crippen LogP contribution in [0.3, 0.4) is 0 Å². The van der Waals surface area contributed by atoms with E-state index in [-0.39, 0.29) is 12.2 Å². The van der Waals surface area contributed by atoms with Crippen molar-refractivity contribution in [1.29, 1.82) is 0 Å². The van der Waals surface area contributed by atoms with E-state index in [1.165, 1.54) is 22.3 Å². The Bertz CT molecular complexity index is 719. The van der Waals surface area contributed by atoms with E-state index in [2.05, 4.69) is 15.7 Å². The van der Waals surface area contributed by atoms with Crippen LogP contribution in [0.1, 0.15) is 41.5 Å². The molecule has 0 saturated carbocycles. The van der Waals surface area contributed by atoms with Crippen molar-refractivity contribution in [1.82, 2.24) is 0 Å². The predicted octanol–water partition coefficient (Wildman–Crippen LogP) is 2.22. The largest absolute Gasteiger partial charge is 0.444 e. The van der Waals surface area contributed by atoms with Crippen molar-refractivity contribution >= 4 is 28.2 Å². The van der Waals surface area contributed by atoms with Gasteiger partial charge in [-0.3, -0.25) is 4.79 Å². The van der Waals surface area contributed by atoms with Gasteiger partial charge in [-0.15, -0.1) is 0 Å². The van der Waals surface area contributed by atoms with Gasteiger partial charge in [0.25, 0.3) is 0 Å². The number of hydrogen-bond acceptors (Lipinski definition) is 4. The van der Waals surface area contributed by atoms with Crippen molar-refractivity contribution in [2.24, 2.45) is 10.1 Å². The van der Waals surface area contributed by atoms with Crippen molar-refractivity contribution in [3.05, 3.63) is 28.3 Å². The van der Waals surface area contributed by atoms with Gasteiger partial charge in [-0.1, -0.05) is 11.8 Å². The topological polar surface area (TPSA) is 102 Å². The second kappa shape index (κ2) is 6.70. The number of rotatable bonds is 4. The average molecular weight is 334 g/mol. The first kappa shape index (κ1) is 16.0. The highest BCUT2D eigenvalue weighted by Gasteiger charge is 2.24. The summed E-state index contributed by atoms with van der Waals surface area (Å²) in [7, 11) is -1.73. The van der Waals surface area contributed by atoms with E-state index in [0.717, 1.165) is 44.2 Å². The van der Waals surface area contributed by atoms with Crippen molar-refractivity contribution < 1.29 is 13.8 Å². The number of amides is 3. The van der Waals surface area contributed by atoms with Gasteiger partial charge in [0.05, 0.1) is 0 Å². The van der Waals surface area contributed by atoms with Gasteiger partial charge < -0.3 is 19.6 Å². The molecule has 0 heterocycles. The number of benzene rings is 1. The van der Waals surface area contributed by atoms with Gasteiger partial charge in [0.1, 0.15) is 0 Å². The lowest BCUT2D eigenvalue weighted by molar-refractivity contribution is -0.117. The fourth-order valence-corrected chi connectivity index (χ4v) is 4.12. The first-order valence-corrected chi connectivity index (χ1v) is 9.18. The molecule has 0 radical (unpaired) electrons. The maximum absolute atomic E-state index is 12.1. The summed E-state index contributed by atoms with van der Waals surface area (Å²) in [6.07, 6.45) is 6.18. The molecule has 2 aliphatic carbocycles. The second-order valence-corrected chi connectivity index (χ2v) is 7.23. The first-order chi connectivity index (χ1) is 11.0. The number of nitrogens with zero attached hydrogens (tertiary/aromatic N) is 1. The van der Waals surface area contributed by atoms with Crippen LogP contribution in [0, 0.1) is 0 Å². The fourth-order valence-electron chi connectivity index (χ4n) is 3.42. The quantitative estimate of drug-likeness (QED) is 0.825. The summed E-state index contributed by atoms with van der Waals surface area (Å²) in [6, 6.07) is 1.67. The summed E-state index contributed by atoms with van der Waals surface area (Å²) in [6.45, 7) is 0. The summed E-state index contributed by atoms with van der Waals surface area (Å²) < 4.78 is 15.3. The van der Waals surface area contributed by atoms with E-state index in [1.54, 1.807) is 0 Å². The summed E-state index contributed by atoms with van der Waals surface area (Å²) in [5.74, 6) is -0.569. The molecule has 1 aromatic carbocycles. The molecule has 0 unspecified atom stereocenters. The Morgan fingerprint density at radius 1 is 1.13 bits per heavy atom. The summed E-state index contributed by atoms with van der Waals surface area (Å²) in [5.41, 5.74) is 10.9. The molecule has 7 heteroatoms. The molecule has 23 heavy (non-hydrogen) atoms. The predicted molar refractivity (Wildman–Crippen MR) is 88.7 cm³/mol. The minimum atomic E-state index is -1.73. The molecule has 0 saturated heterocycles. The molecule has 0 bridgehead atoms. The van der Waals surface area contributed by atoms with Gasteiger partial charge in [0.15, 0.2) is 0 Å². The van der Waals surface area contributed by atoms with Crippen LogP contribution in [0.2, 0.25) is 0 Å². The van der Waals surface area contributed by atoms with Crippen LogP contribution in [0.5, 0.6) is 0 Å². The molecule has 124 valence electrons. The Morgan fingerprint density at radius 2 is 1.74 bits per heavy atom. The van der Waals surface area contributed by atoms with E-state index in [9.17, 15) is 13.8 Å². The molecule has 0 fully saturated rings. The minimum absolute atomic E-state index is 0.0201. The van der Waals surface area contributed by atoms with Crippen molar-refractivity contribution in [3.63, 3.8) is 0 Å². The van der Waals surface area contributed by atoms with E-state index < -0.39 is 22.5 Å². The lowest BCUT2D eigenvalue weighted by atomic mass is 9.99. The molecule has 0 atom stereocenters. The van der Waals surface area contributed by atoms with Crippen molar-refractivity contribution in [2.45, 2.75) is 44.9 Å². The monoisotopic (exact) mass is 334 g/mol. The molecular formula is C16H20N3O3S-. The van der Waals surface area contributed by atoms with Gasteiger partial charge >= 0.3 is 6.03 Å². The number of carbonyl (C=O) groups is 2. The third kappa shape index (κ3) is 3.55. The van der Waals surface area contributed by atoms with Gasteiger partial charge in [-0.05, 0) is 60.8 Å². The Labute approximate surface area is 137 Å². The van der Waals surface area contributed by atoms with Gasteiger partial charge in [0.2, 0.25) is 5.91 Å². The van der Waals surface area contributed by atoms with Crippen LogP contribution >= 0.6 is 0 Å². The summed E-state index contributed by atoms with van der Waals surface area (Å²) in [5, 5.41) is 2.85. The van der Waals surface area contributed by atoms with Gasteiger partial charge in [0, 0.05) is 12.1 Å².